The van der Waals surface area contributed by atoms with E-state index in [0.29, 0.717) is 5.65 Å². The molecule has 1 aromatic carbocycles. The molecule has 25 heavy (non-hydrogen) atoms. The number of hydrogen-bond acceptors (Lipinski definition) is 7. The minimum Gasteiger partial charge on any atom is -0.368 e. The van der Waals surface area contributed by atoms with Gasteiger partial charge in [-0.3, -0.25) is 0 Å². The first-order valence-electron chi connectivity index (χ1n) is 9.01. The van der Waals surface area contributed by atoms with Gasteiger partial charge in [-0.05, 0) is 29.9 Å². The molecular formula is C17H24N8. The molecule has 1 aliphatic rings. The van der Waals surface area contributed by atoms with Gasteiger partial charge >= 0.3 is 0 Å². The predicted molar refractivity (Wildman–Crippen MR) is 97.7 cm³/mol. The molecule has 0 aliphatic carbocycles. The van der Waals surface area contributed by atoms with E-state index in [2.05, 4.69) is 48.7 Å². The number of hydrogen-bond donors (Lipinski definition) is 1. The number of tetrazole rings is 1. The normalized spacial score (nSPS) is 16.7. The molecule has 1 aliphatic heterocycles. The van der Waals surface area contributed by atoms with Gasteiger partial charge in [-0.15, -0.1) is 14.8 Å². The van der Waals surface area contributed by atoms with Gasteiger partial charge in [0.15, 0.2) is 5.82 Å². The highest BCUT2D eigenvalue weighted by Gasteiger charge is 2.15. The Balaban J connectivity index is 1.38. The fourth-order valence-corrected chi connectivity index (χ4v) is 3.41. The molecule has 1 N–H and O–H groups in total. The number of nitrogens with one attached hydrogen (secondary N) is 1. The van der Waals surface area contributed by atoms with Crippen molar-refractivity contribution in [3.05, 3.63) is 24.3 Å². The molecule has 3 heterocycles. The van der Waals surface area contributed by atoms with Crippen molar-refractivity contribution in [3.8, 4) is 0 Å². The van der Waals surface area contributed by atoms with Crippen molar-refractivity contribution in [3.63, 3.8) is 0 Å². The minimum atomic E-state index is 0.690. The number of likely N-dealkylation sites (N-methyl/N-ethyl adjacent to an activating group) is 1. The summed E-state index contributed by atoms with van der Waals surface area (Å²) in [5, 5.41) is 21.8. The lowest BCUT2D eigenvalue weighted by atomic mass is 10.2. The molecule has 0 radical (unpaired) electrons. The van der Waals surface area contributed by atoms with Crippen molar-refractivity contribution >= 4 is 22.2 Å². The van der Waals surface area contributed by atoms with Gasteiger partial charge in [-0.2, -0.15) is 0 Å². The quantitative estimate of drug-likeness (QED) is 0.674. The van der Waals surface area contributed by atoms with E-state index >= 15 is 0 Å². The number of piperazine rings is 1. The van der Waals surface area contributed by atoms with E-state index in [1.807, 2.05) is 18.2 Å². The summed E-state index contributed by atoms with van der Waals surface area (Å²) in [4.78, 5) is 5.05. The lowest BCUT2D eigenvalue weighted by Gasteiger charge is -2.34. The maximum atomic E-state index is 4.52. The van der Waals surface area contributed by atoms with Gasteiger partial charge in [0, 0.05) is 43.5 Å². The third-order valence-electron chi connectivity index (χ3n) is 4.93. The Morgan fingerprint density at radius 3 is 2.60 bits per heavy atom. The summed E-state index contributed by atoms with van der Waals surface area (Å²) >= 11 is 0. The van der Waals surface area contributed by atoms with E-state index in [-0.39, 0.29) is 0 Å². The van der Waals surface area contributed by atoms with Gasteiger partial charge < -0.3 is 15.1 Å². The molecule has 0 saturated carbocycles. The van der Waals surface area contributed by atoms with E-state index < -0.39 is 0 Å². The van der Waals surface area contributed by atoms with Crippen LogP contribution in [0.1, 0.15) is 13.3 Å². The monoisotopic (exact) mass is 340 g/mol. The van der Waals surface area contributed by atoms with Crippen LogP contribution in [0.4, 0.5) is 5.82 Å². The molecule has 0 unspecified atom stereocenters. The number of benzene rings is 1. The summed E-state index contributed by atoms with van der Waals surface area (Å²) in [5.74, 6) is 0.839. The van der Waals surface area contributed by atoms with E-state index in [0.717, 1.165) is 42.6 Å². The van der Waals surface area contributed by atoms with Crippen LogP contribution < -0.4 is 5.32 Å². The van der Waals surface area contributed by atoms with Gasteiger partial charge in [-0.1, -0.05) is 31.2 Å². The minimum absolute atomic E-state index is 0.690. The summed E-state index contributed by atoms with van der Waals surface area (Å²) in [5.41, 5.74) is 0.690. The van der Waals surface area contributed by atoms with Crippen molar-refractivity contribution in [2.24, 2.45) is 0 Å². The zero-order valence-electron chi connectivity index (χ0n) is 14.6. The van der Waals surface area contributed by atoms with Gasteiger partial charge in [0.05, 0.1) is 0 Å². The first-order valence-corrected chi connectivity index (χ1v) is 9.01. The van der Waals surface area contributed by atoms with Crippen LogP contribution >= 0.6 is 0 Å². The van der Waals surface area contributed by atoms with Crippen LogP contribution in [0.2, 0.25) is 0 Å². The smallest absolute Gasteiger partial charge is 0.207 e. The average Bonchev–Trinajstić information content (AvgIpc) is 3.14. The Morgan fingerprint density at radius 1 is 1.04 bits per heavy atom. The molecule has 0 atom stereocenters. The number of nitrogens with zero attached hydrogens (tertiary/aromatic N) is 7. The van der Waals surface area contributed by atoms with Gasteiger partial charge in [0.25, 0.3) is 0 Å². The third-order valence-corrected chi connectivity index (χ3v) is 4.93. The zero-order valence-corrected chi connectivity index (χ0v) is 14.6. The van der Waals surface area contributed by atoms with Crippen LogP contribution in [0.15, 0.2) is 24.3 Å². The molecule has 132 valence electrons. The highest BCUT2D eigenvalue weighted by atomic mass is 15.6. The van der Waals surface area contributed by atoms with Crippen LogP contribution in [0, 0.1) is 0 Å². The second kappa shape index (κ2) is 7.28. The number of aromatic nitrogens is 5. The molecule has 3 aromatic rings. The fourth-order valence-electron chi connectivity index (χ4n) is 3.41. The van der Waals surface area contributed by atoms with E-state index in [1.165, 1.54) is 30.8 Å². The maximum Gasteiger partial charge on any atom is 0.207 e. The van der Waals surface area contributed by atoms with Gasteiger partial charge in [-0.25, -0.2) is 0 Å². The summed E-state index contributed by atoms with van der Waals surface area (Å²) in [6.45, 7) is 10.1. The SMILES string of the molecule is CCN1CCN(CCCNc2nn3nnnc3c3ccccc23)CC1. The molecule has 1 fully saturated rings. The topological polar surface area (TPSA) is 74.5 Å². The van der Waals surface area contributed by atoms with E-state index in [9.17, 15) is 0 Å². The standard InChI is InChI=1S/C17H24N8/c1-2-23-10-12-24(13-11-23)9-5-8-18-16-14-6-3-4-7-15(14)17-19-21-22-25(17)20-16/h3-4,6-7H,2,5,8-13H2,1H3,(H,18,20). The molecular weight excluding hydrogens is 316 g/mol. The second-order valence-electron chi connectivity index (χ2n) is 6.44. The van der Waals surface area contributed by atoms with Crippen molar-refractivity contribution in [2.75, 3.05) is 51.1 Å². The Hall–Kier alpha value is -2.32. The number of rotatable bonds is 6. The summed E-state index contributed by atoms with van der Waals surface area (Å²) in [6, 6.07) is 8.10. The van der Waals surface area contributed by atoms with Gasteiger partial charge in [0.2, 0.25) is 5.65 Å². The van der Waals surface area contributed by atoms with E-state index in [4.69, 9.17) is 0 Å². The molecule has 8 heteroatoms. The van der Waals surface area contributed by atoms with Crippen LogP contribution in [0.25, 0.3) is 16.4 Å². The average molecular weight is 340 g/mol. The van der Waals surface area contributed by atoms with Crippen LogP contribution in [0.3, 0.4) is 0 Å². The molecule has 0 spiro atoms. The zero-order chi connectivity index (χ0) is 17.1. The van der Waals surface area contributed by atoms with Crippen LogP contribution in [0.5, 0.6) is 0 Å². The maximum absolute atomic E-state index is 4.52. The largest absolute Gasteiger partial charge is 0.368 e. The molecule has 1 saturated heterocycles. The lowest BCUT2D eigenvalue weighted by molar-refractivity contribution is 0.137. The second-order valence-corrected chi connectivity index (χ2v) is 6.44. The molecule has 0 bridgehead atoms. The molecule has 8 nitrogen and oxygen atoms in total. The lowest BCUT2D eigenvalue weighted by Crippen LogP contribution is -2.46. The van der Waals surface area contributed by atoms with Gasteiger partial charge in [0.1, 0.15) is 0 Å². The van der Waals surface area contributed by atoms with Crippen LogP contribution in [-0.4, -0.2) is 80.9 Å². The molecule has 4 rings (SSSR count). The highest BCUT2D eigenvalue weighted by Crippen LogP contribution is 2.23. The summed E-state index contributed by atoms with van der Waals surface area (Å²) in [6.07, 6.45) is 1.09. The van der Waals surface area contributed by atoms with Crippen molar-refractivity contribution in [1.29, 1.82) is 0 Å². The first-order chi connectivity index (χ1) is 12.3. The number of fused-ring (bicyclic) bond motifs is 3. The molecule has 2 aromatic heterocycles. The van der Waals surface area contributed by atoms with Crippen molar-refractivity contribution in [2.45, 2.75) is 13.3 Å². The Labute approximate surface area is 146 Å². The Kier molecular flexibility index (Phi) is 4.71. The Morgan fingerprint density at radius 2 is 1.80 bits per heavy atom. The number of anilines is 1. The summed E-state index contributed by atoms with van der Waals surface area (Å²) < 4.78 is 1.49. The third kappa shape index (κ3) is 3.40. The van der Waals surface area contributed by atoms with Crippen molar-refractivity contribution < 1.29 is 0 Å². The Bertz CT molecular complexity index is 837. The van der Waals surface area contributed by atoms with Crippen LogP contribution in [-0.2, 0) is 0 Å². The fraction of sp³-hybridized carbons (Fsp3) is 0.529. The molecule has 0 amide bonds. The predicted octanol–water partition coefficient (Wildman–Crippen LogP) is 1.11. The highest BCUT2D eigenvalue weighted by molar-refractivity contribution is 5.99. The van der Waals surface area contributed by atoms with Crippen molar-refractivity contribution in [1.82, 2.24) is 35.1 Å². The first kappa shape index (κ1) is 16.2. The summed E-state index contributed by atoms with van der Waals surface area (Å²) in [7, 11) is 0. The van der Waals surface area contributed by atoms with E-state index in [1.54, 1.807) is 0 Å².